The summed E-state index contributed by atoms with van der Waals surface area (Å²) in [6.07, 6.45) is 13.8. The Morgan fingerprint density at radius 1 is 0.792 bits per heavy atom. The number of rotatable bonds is 2. The van der Waals surface area contributed by atoms with E-state index in [1.807, 2.05) is 0 Å². The van der Waals surface area contributed by atoms with Crippen molar-refractivity contribution in [1.29, 1.82) is 0 Å². The molecule has 0 radical (unpaired) electrons. The fraction of sp³-hybridized carbons (Fsp3) is 0.378. The molecule has 3 aliphatic rings. The summed E-state index contributed by atoms with van der Waals surface area (Å²) in [5.74, 6) is 0.573. The van der Waals surface area contributed by atoms with Gasteiger partial charge in [-0.2, -0.15) is 11.6 Å². The van der Waals surface area contributed by atoms with Gasteiger partial charge in [0.25, 0.3) is 0 Å². The molecule has 0 nitrogen and oxygen atoms in total. The van der Waals surface area contributed by atoms with Crippen LogP contribution in [0.25, 0.3) is 32.7 Å². The molecule has 0 N–H and O–H groups in total. The summed E-state index contributed by atoms with van der Waals surface area (Å²) in [6, 6.07) is 20.8. The Hall–Kier alpha value is -2.18. The van der Waals surface area contributed by atoms with Gasteiger partial charge in [0.2, 0.25) is 0 Å². The molecular formula is C45H52Cl2Zr-2. The maximum atomic E-state index is 3.35. The van der Waals surface area contributed by atoms with Gasteiger partial charge in [0.05, 0.1) is 0 Å². The Kier molecular flexibility index (Phi) is 12.6. The number of allylic oxidation sites excluding steroid dienone is 8. The topological polar surface area (TPSA) is 0 Å². The van der Waals surface area contributed by atoms with Crippen molar-refractivity contribution in [2.45, 2.75) is 100 Å². The summed E-state index contributed by atoms with van der Waals surface area (Å²) in [5.41, 5.74) is 13.3. The maximum Gasteiger partial charge on any atom is -1.00 e. The Bertz CT molecular complexity index is 1860. The Morgan fingerprint density at radius 2 is 1.25 bits per heavy atom. The zero-order chi connectivity index (χ0) is 33.8. The van der Waals surface area contributed by atoms with Crippen molar-refractivity contribution in [2.24, 2.45) is 11.3 Å². The molecule has 1 unspecified atom stereocenters. The van der Waals surface area contributed by atoms with Crippen LogP contribution in [0.3, 0.4) is 0 Å². The SMILES string of the molecule is CC1=CC(C)(C)c2cc3[cH-]c4cc5c(cc4c3cc21)C(C)=CC5(C)C.CCC1[C-]=CC(C(C)(C)C)=C1.C[C](=[Zr+2])c1ccc(C)cc1.[Cl-].[Cl-]. The monoisotopic (exact) mass is 752 g/mol. The zero-order valence-corrected chi connectivity index (χ0v) is 35.0. The molecule has 0 aromatic heterocycles. The summed E-state index contributed by atoms with van der Waals surface area (Å²) in [4.78, 5) is 0. The zero-order valence-electron chi connectivity index (χ0n) is 31.0. The van der Waals surface area contributed by atoms with E-state index in [1.54, 1.807) is 0 Å². The summed E-state index contributed by atoms with van der Waals surface area (Å²) < 4.78 is 1.46. The minimum absolute atomic E-state index is 0. The number of fused-ring (bicyclic) bond motifs is 5. The van der Waals surface area contributed by atoms with Gasteiger partial charge in [-0.05, 0) is 36.1 Å². The van der Waals surface area contributed by atoms with E-state index in [0.29, 0.717) is 11.3 Å². The Labute approximate surface area is 318 Å². The molecule has 3 heteroatoms. The standard InChI is InChI=1S/C25H25.C11H17.C9H10.2ClH.Zr/c1-14-12-24(3,4)22-8-16-7-17-9-23-19(15(2)13-25(23,5)6)11-21(17)20(16)10-18(14)22;1-5-9-6-7-10(8-9)11(2,3)4;1-3-9-6-4-8(2)5-7-9;;;/h7-13H,1-6H3;7-9H,5H2,1-4H3;4-7H,1-2H3;2*1H;/q2*-1;;;;+2/p-2. The van der Waals surface area contributed by atoms with E-state index >= 15 is 0 Å². The van der Waals surface area contributed by atoms with E-state index in [2.05, 4.69) is 168 Å². The molecule has 0 saturated heterocycles. The van der Waals surface area contributed by atoms with Crippen LogP contribution in [-0.2, 0) is 35.1 Å². The molecule has 0 spiro atoms. The first-order valence-corrected chi connectivity index (χ1v) is 18.2. The molecule has 7 rings (SSSR count). The quantitative estimate of drug-likeness (QED) is 0.204. The first-order chi connectivity index (χ1) is 21.4. The van der Waals surface area contributed by atoms with Gasteiger partial charge in [0, 0.05) is 10.8 Å². The summed E-state index contributed by atoms with van der Waals surface area (Å²) in [7, 11) is 0. The van der Waals surface area contributed by atoms with Crippen LogP contribution in [0.2, 0.25) is 0 Å². The van der Waals surface area contributed by atoms with Crippen LogP contribution in [-0.4, -0.2) is 3.21 Å². The third kappa shape index (κ3) is 8.23. The molecule has 0 bridgehead atoms. The second kappa shape index (κ2) is 15.0. The molecule has 0 aliphatic heterocycles. The molecular weight excluding hydrogens is 703 g/mol. The van der Waals surface area contributed by atoms with Crippen molar-refractivity contribution in [3.05, 3.63) is 124 Å². The number of hydrogen-bond acceptors (Lipinski definition) is 0. The average Bonchev–Trinajstić information content (AvgIpc) is 3.70. The normalized spacial score (nSPS) is 17.9. The van der Waals surface area contributed by atoms with Crippen molar-refractivity contribution in [2.75, 3.05) is 0 Å². The van der Waals surface area contributed by atoms with E-state index in [1.165, 1.54) is 106 Å². The van der Waals surface area contributed by atoms with E-state index in [9.17, 15) is 0 Å². The average molecular weight is 755 g/mol. The number of aryl methyl sites for hydroxylation is 1. The second-order valence-corrected chi connectivity index (χ2v) is 17.7. The predicted octanol–water partition coefficient (Wildman–Crippen LogP) is 6.55. The minimum atomic E-state index is 0. The molecule has 0 fully saturated rings. The van der Waals surface area contributed by atoms with E-state index in [-0.39, 0.29) is 35.6 Å². The van der Waals surface area contributed by atoms with Crippen molar-refractivity contribution in [1.82, 2.24) is 0 Å². The van der Waals surface area contributed by atoms with Crippen LogP contribution in [0.5, 0.6) is 0 Å². The van der Waals surface area contributed by atoms with E-state index < -0.39 is 0 Å². The molecule has 4 aromatic carbocycles. The molecule has 3 aliphatic carbocycles. The van der Waals surface area contributed by atoms with Gasteiger partial charge in [-0.3, -0.25) is 6.08 Å². The molecule has 1 atom stereocenters. The van der Waals surface area contributed by atoms with E-state index in [0.717, 1.165) is 0 Å². The van der Waals surface area contributed by atoms with Gasteiger partial charge in [-0.1, -0.05) is 109 Å². The third-order valence-electron chi connectivity index (χ3n) is 10.00. The summed E-state index contributed by atoms with van der Waals surface area (Å²) >= 11 is 1.51. The van der Waals surface area contributed by atoms with Crippen LogP contribution >= 0.6 is 0 Å². The van der Waals surface area contributed by atoms with Crippen LogP contribution in [0.15, 0.2) is 84.5 Å². The fourth-order valence-electron chi connectivity index (χ4n) is 7.23. The van der Waals surface area contributed by atoms with Gasteiger partial charge in [0.1, 0.15) is 0 Å². The largest absolute Gasteiger partial charge is 1.00 e. The maximum absolute atomic E-state index is 3.35. The van der Waals surface area contributed by atoms with Gasteiger partial charge in [0.15, 0.2) is 0 Å². The Morgan fingerprint density at radius 3 is 1.60 bits per heavy atom. The van der Waals surface area contributed by atoms with Gasteiger partial charge < -0.3 is 24.8 Å². The Balaban J connectivity index is 0.000000228. The van der Waals surface area contributed by atoms with Crippen molar-refractivity contribution >= 4 is 35.9 Å². The van der Waals surface area contributed by atoms with Crippen LogP contribution < -0.4 is 24.8 Å². The van der Waals surface area contributed by atoms with Crippen molar-refractivity contribution < 1.29 is 49.0 Å². The molecule has 0 amide bonds. The minimum Gasteiger partial charge on any atom is -1.00 e. The molecule has 0 saturated carbocycles. The number of hydrogen-bond donors (Lipinski definition) is 0. The van der Waals surface area contributed by atoms with Crippen molar-refractivity contribution in [3.63, 3.8) is 0 Å². The van der Waals surface area contributed by atoms with Gasteiger partial charge in [-0.25, -0.2) is 6.08 Å². The van der Waals surface area contributed by atoms with Gasteiger partial charge in [-0.15, -0.1) is 39.7 Å². The summed E-state index contributed by atoms with van der Waals surface area (Å²) in [5, 5.41) is 5.57. The first kappa shape index (κ1) is 40.3. The van der Waals surface area contributed by atoms with Crippen molar-refractivity contribution in [3.8, 4) is 0 Å². The predicted molar refractivity (Wildman–Crippen MR) is 200 cm³/mol. The van der Waals surface area contributed by atoms with Gasteiger partial charge >= 0.3 is 76.7 Å². The van der Waals surface area contributed by atoms with E-state index in [4.69, 9.17) is 0 Å². The summed E-state index contributed by atoms with van der Waals surface area (Å²) in [6.45, 7) is 27.0. The molecule has 0 heterocycles. The fourth-order valence-corrected chi connectivity index (χ4v) is 7.64. The van der Waals surface area contributed by atoms with Crippen LogP contribution in [0.4, 0.5) is 0 Å². The third-order valence-corrected chi connectivity index (χ3v) is 10.7. The molecule has 252 valence electrons. The number of halogens is 2. The van der Waals surface area contributed by atoms with Crippen LogP contribution in [0, 0.1) is 24.3 Å². The molecule has 48 heavy (non-hydrogen) atoms. The smallest absolute Gasteiger partial charge is 1.00 e. The first-order valence-electron chi connectivity index (χ1n) is 17.0. The second-order valence-electron chi connectivity index (χ2n) is 15.9. The van der Waals surface area contributed by atoms with Crippen LogP contribution in [0.1, 0.15) is 116 Å². The molecule has 4 aromatic rings. The number of benzene rings is 3.